The first-order valence-electron chi connectivity index (χ1n) is 8.58. The summed E-state index contributed by atoms with van der Waals surface area (Å²) in [5.41, 5.74) is -1.66. The van der Waals surface area contributed by atoms with E-state index in [1.807, 2.05) is 0 Å². The van der Waals surface area contributed by atoms with E-state index in [1.165, 1.54) is 0 Å². The van der Waals surface area contributed by atoms with E-state index in [0.717, 1.165) is 25.5 Å². The number of carbonyl (C=O) groups excluding carboxylic acids is 1. The minimum absolute atomic E-state index is 0.0275. The number of carbonyl (C=O) groups is 1. The molecular formula is C17H22F3N3O3. The van der Waals surface area contributed by atoms with Crippen molar-refractivity contribution in [2.75, 3.05) is 6.54 Å². The highest BCUT2D eigenvalue weighted by molar-refractivity contribution is 5.69. The number of amides is 1. The lowest BCUT2D eigenvalue weighted by Crippen LogP contribution is -2.60. The van der Waals surface area contributed by atoms with Crippen molar-refractivity contribution in [3.05, 3.63) is 18.1 Å². The van der Waals surface area contributed by atoms with Gasteiger partial charge in [-0.3, -0.25) is 0 Å². The summed E-state index contributed by atoms with van der Waals surface area (Å²) in [4.78, 5) is 21.2. The van der Waals surface area contributed by atoms with Crippen molar-refractivity contribution in [2.45, 2.75) is 64.0 Å². The molecule has 4 rings (SSSR count). The molecule has 2 saturated heterocycles. The standard InChI is InChI=1S/C17H22F3N3O3/c1-16(2,3)26-15(24)23-9-10-4-5-11(23)12(6-10)25-14-8-21-13(7-22-14)17(18,19)20/h7-8,10-12H,4-6,9H2,1-3H3. The SMILES string of the molecule is CC(C)(C)OC(=O)N1CC2CCC1C(Oc1cnc(C(F)(F)F)cn1)C2. The fraction of sp³-hybridized carbons (Fsp3) is 0.706. The molecule has 3 fully saturated rings. The topological polar surface area (TPSA) is 64.5 Å². The Hall–Kier alpha value is -2.06. The monoisotopic (exact) mass is 373 g/mol. The lowest BCUT2D eigenvalue weighted by Gasteiger charge is -2.49. The van der Waals surface area contributed by atoms with Gasteiger partial charge in [0, 0.05) is 6.54 Å². The normalized spacial score (nSPS) is 25.9. The Bertz CT molecular complexity index is 658. The highest BCUT2D eigenvalue weighted by atomic mass is 19.4. The first kappa shape index (κ1) is 18.7. The van der Waals surface area contributed by atoms with Gasteiger partial charge in [-0.25, -0.2) is 14.8 Å². The molecule has 26 heavy (non-hydrogen) atoms. The van der Waals surface area contributed by atoms with Gasteiger partial charge in [-0.1, -0.05) is 0 Å². The van der Waals surface area contributed by atoms with Crippen LogP contribution in [0.25, 0.3) is 0 Å². The minimum atomic E-state index is -4.54. The van der Waals surface area contributed by atoms with Crippen molar-refractivity contribution < 1.29 is 27.4 Å². The number of aromatic nitrogens is 2. The summed E-state index contributed by atoms with van der Waals surface area (Å²) in [7, 11) is 0. The molecule has 2 aliphatic heterocycles. The van der Waals surface area contributed by atoms with Gasteiger partial charge in [0.05, 0.1) is 18.4 Å². The highest BCUT2D eigenvalue weighted by Crippen LogP contribution is 2.38. The van der Waals surface area contributed by atoms with Crippen molar-refractivity contribution in [3.8, 4) is 5.88 Å². The molecule has 0 radical (unpaired) electrons. The number of nitrogens with zero attached hydrogens (tertiary/aromatic N) is 3. The first-order valence-corrected chi connectivity index (χ1v) is 8.58. The molecule has 1 saturated carbocycles. The second-order valence-corrected chi connectivity index (χ2v) is 7.77. The van der Waals surface area contributed by atoms with Gasteiger partial charge >= 0.3 is 12.3 Å². The second kappa shape index (κ2) is 6.59. The van der Waals surface area contributed by atoms with Crippen LogP contribution < -0.4 is 4.74 Å². The molecule has 3 atom stereocenters. The number of hydrogen-bond acceptors (Lipinski definition) is 5. The number of fused-ring (bicyclic) bond motifs is 3. The summed E-state index contributed by atoms with van der Waals surface area (Å²) in [6, 6.07) is -0.182. The quantitative estimate of drug-likeness (QED) is 0.792. The summed E-state index contributed by atoms with van der Waals surface area (Å²) < 4.78 is 49.0. The molecule has 1 amide bonds. The van der Waals surface area contributed by atoms with Crippen molar-refractivity contribution in [1.82, 2.24) is 14.9 Å². The van der Waals surface area contributed by atoms with Crippen LogP contribution in [0, 0.1) is 5.92 Å². The number of alkyl halides is 3. The average Bonchev–Trinajstić information content (AvgIpc) is 2.53. The summed E-state index contributed by atoms with van der Waals surface area (Å²) >= 11 is 0. The number of halogens is 3. The molecular weight excluding hydrogens is 351 g/mol. The van der Waals surface area contributed by atoms with E-state index in [4.69, 9.17) is 9.47 Å². The number of hydrogen-bond donors (Lipinski definition) is 0. The number of rotatable bonds is 2. The summed E-state index contributed by atoms with van der Waals surface area (Å²) in [6.07, 6.45) is -1.15. The highest BCUT2D eigenvalue weighted by Gasteiger charge is 2.45. The predicted octanol–water partition coefficient (Wildman–Crippen LogP) is 3.66. The van der Waals surface area contributed by atoms with Crippen LogP contribution in [0.1, 0.15) is 45.7 Å². The van der Waals surface area contributed by atoms with Gasteiger partial charge < -0.3 is 14.4 Å². The third-order valence-corrected chi connectivity index (χ3v) is 4.54. The van der Waals surface area contributed by atoms with E-state index in [9.17, 15) is 18.0 Å². The second-order valence-electron chi connectivity index (χ2n) is 7.77. The van der Waals surface area contributed by atoms with Crippen LogP contribution in [0.2, 0.25) is 0 Å². The van der Waals surface area contributed by atoms with Crippen LogP contribution in [0.4, 0.5) is 18.0 Å². The van der Waals surface area contributed by atoms with E-state index in [0.29, 0.717) is 12.7 Å². The fourth-order valence-electron chi connectivity index (χ4n) is 3.47. The van der Waals surface area contributed by atoms with Gasteiger partial charge in [0.25, 0.3) is 0 Å². The Kier molecular flexibility index (Phi) is 4.74. The average molecular weight is 373 g/mol. The number of piperidine rings is 2. The Morgan fingerprint density at radius 1 is 1.19 bits per heavy atom. The van der Waals surface area contributed by atoms with Crippen LogP contribution in [0.15, 0.2) is 12.4 Å². The van der Waals surface area contributed by atoms with Crippen molar-refractivity contribution in [2.24, 2.45) is 5.92 Å². The molecule has 1 aromatic rings. The molecule has 1 aliphatic carbocycles. The Balaban J connectivity index is 1.70. The van der Waals surface area contributed by atoms with E-state index >= 15 is 0 Å². The predicted molar refractivity (Wildman–Crippen MR) is 85.5 cm³/mol. The van der Waals surface area contributed by atoms with Crippen LogP contribution in [-0.4, -0.2) is 45.3 Å². The molecule has 0 N–H and O–H groups in total. The third kappa shape index (κ3) is 4.19. The maximum Gasteiger partial charge on any atom is 0.434 e. The number of ether oxygens (including phenoxy) is 2. The van der Waals surface area contributed by atoms with Crippen molar-refractivity contribution >= 4 is 6.09 Å². The van der Waals surface area contributed by atoms with E-state index in [-0.39, 0.29) is 30.0 Å². The molecule has 6 nitrogen and oxygen atoms in total. The lowest BCUT2D eigenvalue weighted by molar-refractivity contribution is -0.141. The summed E-state index contributed by atoms with van der Waals surface area (Å²) in [5.74, 6) is 0.305. The Morgan fingerprint density at radius 2 is 1.92 bits per heavy atom. The van der Waals surface area contributed by atoms with Gasteiger partial charge in [0.2, 0.25) is 5.88 Å². The Labute approximate surface area is 149 Å². The molecule has 3 aliphatic rings. The van der Waals surface area contributed by atoms with Crippen LogP contribution >= 0.6 is 0 Å². The zero-order chi connectivity index (χ0) is 19.1. The van der Waals surface area contributed by atoms with Gasteiger partial charge in [-0.05, 0) is 46.0 Å². The fourth-order valence-corrected chi connectivity index (χ4v) is 3.47. The summed E-state index contributed by atoms with van der Waals surface area (Å²) in [6.45, 7) is 6.02. The maximum absolute atomic E-state index is 12.6. The Morgan fingerprint density at radius 3 is 2.46 bits per heavy atom. The van der Waals surface area contributed by atoms with Crippen molar-refractivity contribution in [3.63, 3.8) is 0 Å². The summed E-state index contributed by atoms with van der Waals surface area (Å²) in [5, 5.41) is 0. The van der Waals surface area contributed by atoms with E-state index in [2.05, 4.69) is 9.97 Å². The van der Waals surface area contributed by atoms with Crippen LogP contribution in [0.5, 0.6) is 5.88 Å². The minimum Gasteiger partial charge on any atom is -0.471 e. The lowest BCUT2D eigenvalue weighted by atomic mass is 9.78. The van der Waals surface area contributed by atoms with E-state index in [1.54, 1.807) is 25.7 Å². The molecule has 144 valence electrons. The smallest absolute Gasteiger partial charge is 0.434 e. The molecule has 0 aromatic carbocycles. The third-order valence-electron chi connectivity index (χ3n) is 4.54. The molecule has 0 spiro atoms. The van der Waals surface area contributed by atoms with Gasteiger partial charge in [0.15, 0.2) is 5.69 Å². The molecule has 3 heterocycles. The maximum atomic E-state index is 12.6. The first-order chi connectivity index (χ1) is 12.0. The molecule has 9 heteroatoms. The van der Waals surface area contributed by atoms with Gasteiger partial charge in [-0.2, -0.15) is 13.2 Å². The van der Waals surface area contributed by atoms with E-state index < -0.39 is 17.5 Å². The van der Waals surface area contributed by atoms with Gasteiger partial charge in [-0.15, -0.1) is 0 Å². The van der Waals surface area contributed by atoms with Crippen LogP contribution in [0.3, 0.4) is 0 Å². The largest absolute Gasteiger partial charge is 0.471 e. The molecule has 1 aromatic heterocycles. The van der Waals surface area contributed by atoms with Gasteiger partial charge in [0.1, 0.15) is 11.7 Å². The zero-order valence-corrected chi connectivity index (χ0v) is 14.9. The van der Waals surface area contributed by atoms with Crippen molar-refractivity contribution in [1.29, 1.82) is 0 Å². The zero-order valence-electron chi connectivity index (χ0n) is 14.9. The molecule has 2 bridgehead atoms. The van der Waals surface area contributed by atoms with Crippen LogP contribution in [-0.2, 0) is 10.9 Å². The molecule has 3 unspecified atom stereocenters.